The van der Waals surface area contributed by atoms with Crippen molar-refractivity contribution in [2.75, 3.05) is 15.7 Å². The molecule has 0 radical (unpaired) electrons. The van der Waals surface area contributed by atoms with E-state index in [9.17, 15) is 13.7 Å². The Labute approximate surface area is 196 Å². The largest absolute Gasteiger partial charge is 0.362 e. The second kappa shape index (κ2) is 8.73. The first-order valence-electron chi connectivity index (χ1n) is 10.4. The normalized spacial score (nSPS) is 15.8. The lowest BCUT2D eigenvalue weighted by Gasteiger charge is -2.43. The van der Waals surface area contributed by atoms with Crippen LogP contribution >= 0.6 is 11.3 Å². The van der Waals surface area contributed by atoms with Crippen LogP contribution in [-0.2, 0) is 23.0 Å². The summed E-state index contributed by atoms with van der Waals surface area (Å²) in [7, 11) is -3.82. The minimum Gasteiger partial charge on any atom is -0.362 e. The molecule has 9 heteroatoms. The van der Waals surface area contributed by atoms with Crippen LogP contribution in [0.3, 0.4) is 0 Å². The van der Waals surface area contributed by atoms with Gasteiger partial charge in [0.05, 0.1) is 47.6 Å². The second-order valence-electron chi connectivity index (χ2n) is 7.85. The number of nitrogens with one attached hydrogen (secondary N) is 1. The Balaban J connectivity index is 1.66. The van der Waals surface area contributed by atoms with Crippen molar-refractivity contribution < 1.29 is 8.42 Å². The first kappa shape index (κ1) is 21.2. The Kier molecular flexibility index (Phi) is 5.62. The Morgan fingerprint density at radius 2 is 1.97 bits per heavy atom. The summed E-state index contributed by atoms with van der Waals surface area (Å²) in [6.45, 7) is 1.05. The lowest BCUT2D eigenvalue weighted by molar-refractivity contribution is 0.556. The molecular formula is C24H21N5O2S2. The molecule has 0 bridgehead atoms. The fourth-order valence-electron chi connectivity index (χ4n) is 4.25. The van der Waals surface area contributed by atoms with Gasteiger partial charge in [-0.15, -0.1) is 11.3 Å². The fourth-order valence-corrected chi connectivity index (χ4v) is 6.98. The molecule has 2 aromatic carbocycles. The van der Waals surface area contributed by atoms with Crippen LogP contribution in [0, 0.1) is 11.3 Å². The van der Waals surface area contributed by atoms with Gasteiger partial charge in [-0.05, 0) is 41.6 Å². The van der Waals surface area contributed by atoms with E-state index in [4.69, 9.17) is 0 Å². The number of nitriles is 1. The number of nitrogens with zero attached hydrogens (tertiary/aromatic N) is 4. The minimum absolute atomic E-state index is 0.288. The predicted octanol–water partition coefficient (Wildman–Crippen LogP) is 4.17. The van der Waals surface area contributed by atoms with Crippen molar-refractivity contribution in [2.45, 2.75) is 23.2 Å². The van der Waals surface area contributed by atoms with Crippen LogP contribution in [-0.4, -0.2) is 31.0 Å². The van der Waals surface area contributed by atoms with E-state index in [2.05, 4.69) is 20.9 Å². The number of sulfonamides is 1. The van der Waals surface area contributed by atoms with Gasteiger partial charge in [-0.1, -0.05) is 36.4 Å². The van der Waals surface area contributed by atoms with Gasteiger partial charge in [0.15, 0.2) is 0 Å². The molecule has 0 aliphatic carbocycles. The Morgan fingerprint density at radius 1 is 1.12 bits per heavy atom. The van der Waals surface area contributed by atoms with Gasteiger partial charge in [-0.2, -0.15) is 5.26 Å². The smallest absolute Gasteiger partial charge is 0.274 e. The van der Waals surface area contributed by atoms with Crippen molar-refractivity contribution in [3.63, 3.8) is 0 Å². The molecule has 0 spiro atoms. The second-order valence-corrected chi connectivity index (χ2v) is 10.8. The monoisotopic (exact) mass is 475 g/mol. The molecule has 1 N–H and O–H groups in total. The molecule has 1 aliphatic rings. The maximum atomic E-state index is 13.9. The molecule has 7 nitrogen and oxygen atoms in total. The molecule has 2 aromatic heterocycles. The van der Waals surface area contributed by atoms with E-state index in [-0.39, 0.29) is 10.3 Å². The number of imidazole rings is 1. The van der Waals surface area contributed by atoms with Gasteiger partial charge in [-0.25, -0.2) is 13.4 Å². The van der Waals surface area contributed by atoms with E-state index in [1.54, 1.807) is 42.2 Å². The highest BCUT2D eigenvalue weighted by molar-refractivity contribution is 7.94. The summed E-state index contributed by atoms with van der Waals surface area (Å²) in [5.41, 5.74) is 3.69. The number of rotatable bonds is 6. The van der Waals surface area contributed by atoms with Gasteiger partial charge in [0.25, 0.3) is 10.0 Å². The molecular weight excluding hydrogens is 454 g/mol. The van der Waals surface area contributed by atoms with E-state index >= 15 is 0 Å². The summed E-state index contributed by atoms with van der Waals surface area (Å²) in [4.78, 5) is 9.40. The number of fused-ring (bicyclic) bond motifs is 1. The van der Waals surface area contributed by atoms with Crippen molar-refractivity contribution in [1.29, 1.82) is 5.26 Å². The van der Waals surface area contributed by atoms with E-state index in [0.717, 1.165) is 16.9 Å². The van der Waals surface area contributed by atoms with Gasteiger partial charge in [-0.3, -0.25) is 4.31 Å². The summed E-state index contributed by atoms with van der Waals surface area (Å²) >= 11 is 1.20. The summed E-state index contributed by atoms with van der Waals surface area (Å²) in [5, 5.41) is 11.3. The van der Waals surface area contributed by atoms with Gasteiger partial charge >= 0.3 is 0 Å². The van der Waals surface area contributed by atoms with E-state index in [1.807, 2.05) is 36.4 Å². The third-order valence-electron chi connectivity index (χ3n) is 5.68. The molecule has 0 amide bonds. The Hall–Kier alpha value is -3.61. The highest BCUT2D eigenvalue weighted by atomic mass is 32.2. The average molecular weight is 476 g/mol. The number of H-pyrrole nitrogens is 1. The number of thiophene rings is 1. The topological polar surface area (TPSA) is 93.1 Å². The number of benzene rings is 2. The third kappa shape index (κ3) is 4.11. The van der Waals surface area contributed by atoms with Gasteiger partial charge in [0.2, 0.25) is 0 Å². The Bertz CT molecular complexity index is 1380. The lowest BCUT2D eigenvalue weighted by atomic mass is 10.0. The maximum absolute atomic E-state index is 13.9. The molecule has 166 valence electrons. The maximum Gasteiger partial charge on any atom is 0.274 e. The van der Waals surface area contributed by atoms with Crippen molar-refractivity contribution >= 4 is 32.7 Å². The molecule has 1 atom stereocenters. The number of anilines is 2. The lowest BCUT2D eigenvalue weighted by Crippen LogP contribution is -2.52. The minimum atomic E-state index is -3.82. The predicted molar refractivity (Wildman–Crippen MR) is 129 cm³/mol. The number of hydrogen-bond acceptors (Lipinski definition) is 6. The van der Waals surface area contributed by atoms with E-state index < -0.39 is 10.0 Å². The van der Waals surface area contributed by atoms with Crippen LogP contribution in [0.25, 0.3) is 0 Å². The standard InChI is InChI=1S/C24H21N5O2S2/c25-13-19-8-9-22-23(12-19)29(33(30,31)24-7-4-10-32-24)21(11-18-5-2-1-3-6-18)16-28(22)15-20-14-26-17-27-20/h1-10,12,14,17,21H,11,15-16H2,(H,26,27)/t21-/m1/s1. The molecule has 33 heavy (non-hydrogen) atoms. The molecule has 0 unspecified atom stereocenters. The first-order chi connectivity index (χ1) is 16.1. The zero-order valence-electron chi connectivity index (χ0n) is 17.6. The Morgan fingerprint density at radius 3 is 2.67 bits per heavy atom. The zero-order valence-corrected chi connectivity index (χ0v) is 19.3. The SMILES string of the molecule is N#Cc1ccc2c(c1)N(S(=O)(=O)c1cccs1)[C@H](Cc1ccccc1)CN2Cc1cnc[nH]1. The fraction of sp³-hybridized carbons (Fsp3) is 0.167. The van der Waals surface area contributed by atoms with E-state index in [0.29, 0.717) is 30.8 Å². The van der Waals surface area contributed by atoms with Crippen molar-refractivity contribution in [1.82, 2.24) is 9.97 Å². The number of aromatic nitrogens is 2. The number of aromatic amines is 1. The first-order valence-corrected chi connectivity index (χ1v) is 12.8. The van der Waals surface area contributed by atoms with Gasteiger partial charge in [0.1, 0.15) is 4.21 Å². The number of hydrogen-bond donors (Lipinski definition) is 1. The van der Waals surface area contributed by atoms with Gasteiger partial charge in [0, 0.05) is 12.7 Å². The molecule has 1 aliphatic heterocycles. The van der Waals surface area contributed by atoms with Crippen molar-refractivity contribution in [2.24, 2.45) is 0 Å². The quantitative estimate of drug-likeness (QED) is 0.452. The summed E-state index contributed by atoms with van der Waals surface area (Å²) in [6, 6.07) is 20.3. The van der Waals surface area contributed by atoms with Crippen LogP contribution in [0.4, 0.5) is 11.4 Å². The van der Waals surface area contributed by atoms with Crippen molar-refractivity contribution in [3.05, 3.63) is 95.4 Å². The summed E-state index contributed by atoms with van der Waals surface area (Å²) in [5.74, 6) is 0. The molecule has 0 saturated carbocycles. The molecule has 3 heterocycles. The van der Waals surface area contributed by atoms with Crippen LogP contribution in [0.1, 0.15) is 16.8 Å². The van der Waals surface area contributed by atoms with E-state index in [1.165, 1.54) is 15.6 Å². The highest BCUT2D eigenvalue weighted by Gasteiger charge is 2.39. The molecule has 5 rings (SSSR count). The molecule has 0 saturated heterocycles. The molecule has 0 fully saturated rings. The van der Waals surface area contributed by atoms with Gasteiger partial charge < -0.3 is 9.88 Å². The summed E-state index contributed by atoms with van der Waals surface area (Å²) in [6.07, 6.45) is 3.94. The van der Waals surface area contributed by atoms with Crippen LogP contribution in [0.15, 0.2) is 82.8 Å². The summed E-state index contributed by atoms with van der Waals surface area (Å²) < 4.78 is 29.5. The third-order valence-corrected chi connectivity index (χ3v) is 8.92. The average Bonchev–Trinajstić information content (AvgIpc) is 3.54. The zero-order chi connectivity index (χ0) is 22.8. The van der Waals surface area contributed by atoms with Crippen LogP contribution in [0.2, 0.25) is 0 Å². The molecule has 4 aromatic rings. The van der Waals surface area contributed by atoms with Crippen LogP contribution < -0.4 is 9.21 Å². The van der Waals surface area contributed by atoms with Crippen molar-refractivity contribution in [3.8, 4) is 6.07 Å². The highest BCUT2D eigenvalue weighted by Crippen LogP contribution is 2.41. The van der Waals surface area contributed by atoms with Crippen LogP contribution in [0.5, 0.6) is 0 Å².